The Morgan fingerprint density at radius 3 is 2.52 bits per heavy atom. The fourth-order valence-corrected chi connectivity index (χ4v) is 5.03. The van der Waals surface area contributed by atoms with Gasteiger partial charge in [0.15, 0.2) is 0 Å². The number of rotatable bonds is 7. The quantitative estimate of drug-likeness (QED) is 0.579. The summed E-state index contributed by atoms with van der Waals surface area (Å²) < 4.78 is 51.3. The molecule has 3 rings (SSSR count). The summed E-state index contributed by atoms with van der Waals surface area (Å²) in [6, 6.07) is 10.0. The van der Waals surface area contributed by atoms with Crippen LogP contribution in [-0.4, -0.2) is 57.6 Å². The molecule has 1 aliphatic rings. The molecule has 1 heterocycles. The molecule has 0 unspecified atom stereocenters. The Labute approximate surface area is 191 Å². The Bertz CT molecular complexity index is 1110. The summed E-state index contributed by atoms with van der Waals surface area (Å²) >= 11 is 0. The van der Waals surface area contributed by atoms with Crippen LogP contribution in [-0.2, 0) is 30.9 Å². The number of amides is 2. The Hall–Kier alpha value is -3.02. The van der Waals surface area contributed by atoms with Crippen LogP contribution in [0.15, 0.2) is 47.4 Å². The normalized spacial score (nSPS) is 16.8. The third-order valence-electron chi connectivity index (χ3n) is 5.14. The second-order valence-electron chi connectivity index (χ2n) is 7.45. The highest BCUT2D eigenvalue weighted by Crippen LogP contribution is 2.26. The van der Waals surface area contributed by atoms with E-state index in [2.05, 4.69) is 10.6 Å². The summed E-state index contributed by atoms with van der Waals surface area (Å²) in [4.78, 5) is 24.3. The van der Waals surface area contributed by atoms with Crippen LogP contribution in [0.1, 0.15) is 17.5 Å². The van der Waals surface area contributed by atoms with Gasteiger partial charge < -0.3 is 20.1 Å². The summed E-state index contributed by atoms with van der Waals surface area (Å²) in [5.41, 5.74) is 1.29. The van der Waals surface area contributed by atoms with Crippen LogP contribution in [0.5, 0.6) is 5.75 Å². The van der Waals surface area contributed by atoms with Crippen molar-refractivity contribution >= 4 is 21.8 Å². The molecule has 178 valence electrons. The number of hydrogen-bond acceptors (Lipinski definition) is 6. The molecule has 1 atom stereocenters. The molecule has 0 spiro atoms. The highest BCUT2D eigenvalue weighted by atomic mass is 32.2. The van der Waals surface area contributed by atoms with Crippen molar-refractivity contribution in [2.75, 3.05) is 26.8 Å². The number of ether oxygens (including phenoxy) is 2. The van der Waals surface area contributed by atoms with Gasteiger partial charge >= 0.3 is 11.8 Å². The number of sulfonamides is 1. The van der Waals surface area contributed by atoms with Gasteiger partial charge in [-0.05, 0) is 54.8 Å². The van der Waals surface area contributed by atoms with Crippen molar-refractivity contribution in [1.29, 1.82) is 0 Å². The molecule has 1 aliphatic heterocycles. The molecule has 2 aromatic rings. The molecular formula is C22H26FN3O6S. The number of hydrogen-bond donors (Lipinski definition) is 2. The molecule has 0 saturated carbocycles. The molecule has 0 bridgehead atoms. The van der Waals surface area contributed by atoms with Gasteiger partial charge in [-0.2, -0.15) is 4.31 Å². The van der Waals surface area contributed by atoms with Crippen LogP contribution in [0.25, 0.3) is 0 Å². The number of carbonyl (C=O) groups is 2. The van der Waals surface area contributed by atoms with Crippen molar-refractivity contribution in [3.63, 3.8) is 0 Å². The molecule has 0 radical (unpaired) electrons. The smallest absolute Gasteiger partial charge is 0.309 e. The summed E-state index contributed by atoms with van der Waals surface area (Å²) in [6.45, 7) is 2.13. The van der Waals surface area contributed by atoms with Crippen molar-refractivity contribution in [3.05, 3.63) is 59.4 Å². The minimum absolute atomic E-state index is 0.0454. The molecule has 2 N–H and O–H groups in total. The van der Waals surface area contributed by atoms with Gasteiger partial charge in [-0.25, -0.2) is 12.8 Å². The number of nitrogens with one attached hydrogen (secondary N) is 2. The average Bonchev–Trinajstić information content (AvgIpc) is 2.82. The maximum atomic E-state index is 13.2. The number of halogens is 1. The Kier molecular flexibility index (Phi) is 8.01. The largest absolute Gasteiger partial charge is 0.496 e. The van der Waals surface area contributed by atoms with Gasteiger partial charge in [-0.15, -0.1) is 0 Å². The first-order chi connectivity index (χ1) is 15.7. The van der Waals surface area contributed by atoms with E-state index in [0.29, 0.717) is 29.9 Å². The van der Waals surface area contributed by atoms with Gasteiger partial charge in [0.25, 0.3) is 0 Å². The zero-order valence-corrected chi connectivity index (χ0v) is 19.2. The maximum Gasteiger partial charge on any atom is 0.309 e. The number of benzene rings is 2. The fourth-order valence-electron chi connectivity index (χ4n) is 3.37. The summed E-state index contributed by atoms with van der Waals surface area (Å²) in [6.07, 6.45) is -0.461. The van der Waals surface area contributed by atoms with Gasteiger partial charge in [0.05, 0.1) is 25.2 Å². The van der Waals surface area contributed by atoms with Gasteiger partial charge in [0.2, 0.25) is 10.0 Å². The monoisotopic (exact) mass is 479 g/mol. The lowest BCUT2D eigenvalue weighted by molar-refractivity contribution is -0.140. The zero-order valence-electron chi connectivity index (χ0n) is 18.3. The van der Waals surface area contributed by atoms with Crippen LogP contribution in [0.4, 0.5) is 4.39 Å². The van der Waals surface area contributed by atoms with E-state index in [-0.39, 0.29) is 24.5 Å². The van der Waals surface area contributed by atoms with Crippen LogP contribution in [0.3, 0.4) is 0 Å². The third kappa shape index (κ3) is 6.06. The van der Waals surface area contributed by atoms with E-state index in [4.69, 9.17) is 9.47 Å². The lowest BCUT2D eigenvalue weighted by atomic mass is 10.2. The minimum atomic E-state index is -3.91. The Morgan fingerprint density at radius 1 is 1.15 bits per heavy atom. The van der Waals surface area contributed by atoms with E-state index < -0.39 is 33.9 Å². The Morgan fingerprint density at radius 2 is 1.85 bits per heavy atom. The highest BCUT2D eigenvalue weighted by molar-refractivity contribution is 7.89. The van der Waals surface area contributed by atoms with E-state index in [1.807, 2.05) is 0 Å². The second kappa shape index (κ2) is 10.7. The standard InChI is InChI=1S/C22H26FN3O6S/c1-15-12-18(8-9-19(15)31-2)33(29,30)26-10-3-11-32-20(26)14-25-22(28)21(27)24-13-16-4-6-17(23)7-5-16/h4-9,12,20H,3,10-11,13-14H2,1-2H3,(H,24,27)(H,25,28)/t20-/m1/s1. The summed E-state index contributed by atoms with van der Waals surface area (Å²) in [7, 11) is -2.40. The van der Waals surface area contributed by atoms with Crippen LogP contribution < -0.4 is 15.4 Å². The number of carbonyl (C=O) groups excluding carboxylic acids is 2. The van der Waals surface area contributed by atoms with E-state index in [1.165, 1.54) is 47.8 Å². The predicted molar refractivity (Wildman–Crippen MR) is 117 cm³/mol. The number of aryl methyl sites for hydroxylation is 1. The Balaban J connectivity index is 1.61. The molecule has 11 heteroatoms. The van der Waals surface area contributed by atoms with E-state index in [0.717, 1.165) is 0 Å². The topological polar surface area (TPSA) is 114 Å². The van der Waals surface area contributed by atoms with Crippen molar-refractivity contribution in [2.24, 2.45) is 0 Å². The molecule has 2 aromatic carbocycles. The molecule has 9 nitrogen and oxygen atoms in total. The maximum absolute atomic E-state index is 13.2. The zero-order chi connectivity index (χ0) is 24.0. The van der Waals surface area contributed by atoms with Gasteiger partial charge in [0, 0.05) is 13.1 Å². The molecule has 1 saturated heterocycles. The van der Waals surface area contributed by atoms with Gasteiger partial charge in [-0.1, -0.05) is 12.1 Å². The van der Waals surface area contributed by atoms with Crippen molar-refractivity contribution in [3.8, 4) is 5.75 Å². The first kappa shape index (κ1) is 24.6. The molecule has 33 heavy (non-hydrogen) atoms. The van der Waals surface area contributed by atoms with E-state index in [1.54, 1.807) is 13.0 Å². The molecule has 0 aliphatic carbocycles. The van der Waals surface area contributed by atoms with Crippen molar-refractivity contribution in [1.82, 2.24) is 14.9 Å². The molecular weight excluding hydrogens is 453 g/mol. The van der Waals surface area contributed by atoms with E-state index >= 15 is 0 Å². The first-order valence-corrected chi connectivity index (χ1v) is 11.7. The minimum Gasteiger partial charge on any atom is -0.496 e. The highest BCUT2D eigenvalue weighted by Gasteiger charge is 2.35. The lowest BCUT2D eigenvalue weighted by Gasteiger charge is -2.34. The van der Waals surface area contributed by atoms with Crippen molar-refractivity contribution < 1.29 is 31.9 Å². The summed E-state index contributed by atoms with van der Waals surface area (Å²) in [5.74, 6) is -1.65. The summed E-state index contributed by atoms with van der Waals surface area (Å²) in [5, 5.41) is 4.85. The average molecular weight is 480 g/mol. The van der Waals surface area contributed by atoms with Crippen LogP contribution in [0.2, 0.25) is 0 Å². The SMILES string of the molecule is COc1ccc(S(=O)(=O)N2CCCO[C@@H]2CNC(=O)C(=O)NCc2ccc(F)cc2)cc1C. The predicted octanol–water partition coefficient (Wildman–Crippen LogP) is 1.31. The molecule has 2 amide bonds. The van der Waals surface area contributed by atoms with Gasteiger partial charge in [-0.3, -0.25) is 9.59 Å². The fraction of sp³-hybridized carbons (Fsp3) is 0.364. The number of nitrogens with zero attached hydrogens (tertiary/aromatic N) is 1. The van der Waals surface area contributed by atoms with Crippen molar-refractivity contribution in [2.45, 2.75) is 31.0 Å². The second-order valence-corrected chi connectivity index (χ2v) is 9.34. The third-order valence-corrected chi connectivity index (χ3v) is 7.02. The lowest BCUT2D eigenvalue weighted by Crippen LogP contribution is -2.53. The molecule has 1 fully saturated rings. The molecule has 0 aromatic heterocycles. The van der Waals surface area contributed by atoms with Crippen LogP contribution >= 0.6 is 0 Å². The first-order valence-electron chi connectivity index (χ1n) is 10.3. The van der Waals surface area contributed by atoms with E-state index in [9.17, 15) is 22.4 Å². The van der Waals surface area contributed by atoms with Gasteiger partial charge in [0.1, 0.15) is 17.8 Å². The number of methoxy groups -OCH3 is 1. The van der Waals surface area contributed by atoms with Crippen LogP contribution in [0, 0.1) is 12.7 Å².